The standard InChI is InChI=1S/C14H16FNO5S/c1-9-3-5-14(21-9)12(17)8-16-22(18,19)10-4-6-13(20-2)11(15)7-10/h3-7,12,16-17H,8H2,1-2H3. The lowest BCUT2D eigenvalue weighted by atomic mass is 10.3. The molecule has 0 fully saturated rings. The average molecular weight is 329 g/mol. The van der Waals surface area contributed by atoms with Crippen molar-refractivity contribution in [3.8, 4) is 5.75 Å². The number of aliphatic hydroxyl groups excluding tert-OH is 1. The van der Waals surface area contributed by atoms with E-state index in [4.69, 9.17) is 9.15 Å². The van der Waals surface area contributed by atoms with Gasteiger partial charge in [-0.1, -0.05) is 0 Å². The first-order valence-electron chi connectivity index (χ1n) is 6.41. The van der Waals surface area contributed by atoms with Gasteiger partial charge in [-0.2, -0.15) is 0 Å². The van der Waals surface area contributed by atoms with Crippen molar-refractivity contribution in [3.05, 3.63) is 47.7 Å². The van der Waals surface area contributed by atoms with Crippen molar-refractivity contribution in [3.63, 3.8) is 0 Å². The van der Waals surface area contributed by atoms with Crippen molar-refractivity contribution < 1.29 is 27.1 Å². The molecule has 1 aromatic heterocycles. The Hall–Kier alpha value is -1.90. The minimum Gasteiger partial charge on any atom is -0.494 e. The summed E-state index contributed by atoms with van der Waals surface area (Å²) in [6.45, 7) is 1.42. The number of hydrogen-bond donors (Lipinski definition) is 2. The van der Waals surface area contributed by atoms with Crippen LogP contribution in [0.2, 0.25) is 0 Å². The zero-order chi connectivity index (χ0) is 16.3. The number of furan rings is 1. The predicted octanol–water partition coefficient (Wildman–Crippen LogP) is 1.75. The summed E-state index contributed by atoms with van der Waals surface area (Å²) in [5.41, 5.74) is 0. The van der Waals surface area contributed by atoms with Crippen LogP contribution in [0, 0.1) is 12.7 Å². The molecule has 6 nitrogen and oxygen atoms in total. The fraction of sp³-hybridized carbons (Fsp3) is 0.286. The minimum absolute atomic E-state index is 0.0509. The van der Waals surface area contributed by atoms with E-state index >= 15 is 0 Å². The molecule has 0 aliphatic carbocycles. The highest BCUT2D eigenvalue weighted by Gasteiger charge is 2.19. The van der Waals surface area contributed by atoms with Crippen LogP contribution in [-0.4, -0.2) is 27.2 Å². The fourth-order valence-corrected chi connectivity index (χ4v) is 2.87. The Morgan fingerprint density at radius 2 is 2.09 bits per heavy atom. The van der Waals surface area contributed by atoms with E-state index in [2.05, 4.69) is 4.72 Å². The van der Waals surface area contributed by atoms with E-state index in [9.17, 15) is 17.9 Å². The highest BCUT2D eigenvalue weighted by Crippen LogP contribution is 2.21. The number of methoxy groups -OCH3 is 1. The van der Waals surface area contributed by atoms with Crippen LogP contribution in [0.4, 0.5) is 4.39 Å². The molecule has 2 rings (SSSR count). The predicted molar refractivity (Wildman–Crippen MR) is 76.5 cm³/mol. The van der Waals surface area contributed by atoms with Gasteiger partial charge in [0.1, 0.15) is 17.6 Å². The monoisotopic (exact) mass is 329 g/mol. The van der Waals surface area contributed by atoms with Gasteiger partial charge >= 0.3 is 0 Å². The van der Waals surface area contributed by atoms with Crippen LogP contribution in [0.3, 0.4) is 0 Å². The van der Waals surface area contributed by atoms with Gasteiger partial charge in [-0.3, -0.25) is 0 Å². The zero-order valence-corrected chi connectivity index (χ0v) is 12.9. The Balaban J connectivity index is 2.09. The van der Waals surface area contributed by atoms with Gasteiger partial charge in [0, 0.05) is 6.54 Å². The first kappa shape index (κ1) is 16.5. The van der Waals surface area contributed by atoms with Crippen LogP contribution >= 0.6 is 0 Å². The Labute approximate surface area is 127 Å². The van der Waals surface area contributed by atoms with Crippen molar-refractivity contribution in [2.45, 2.75) is 17.9 Å². The van der Waals surface area contributed by atoms with Gasteiger partial charge in [-0.05, 0) is 37.3 Å². The summed E-state index contributed by atoms with van der Waals surface area (Å²) in [6, 6.07) is 6.50. The molecule has 0 spiro atoms. The maximum atomic E-state index is 13.6. The van der Waals surface area contributed by atoms with Gasteiger partial charge in [0.05, 0.1) is 12.0 Å². The van der Waals surface area contributed by atoms with Crippen molar-refractivity contribution in [2.75, 3.05) is 13.7 Å². The van der Waals surface area contributed by atoms with Gasteiger partial charge in [0.15, 0.2) is 11.6 Å². The molecule has 2 N–H and O–H groups in total. The average Bonchev–Trinajstić information content (AvgIpc) is 2.91. The summed E-state index contributed by atoms with van der Waals surface area (Å²) in [6.07, 6.45) is -1.13. The Morgan fingerprint density at radius 3 is 2.64 bits per heavy atom. The molecule has 2 aromatic rings. The number of aliphatic hydroxyl groups is 1. The molecule has 0 radical (unpaired) electrons. The van der Waals surface area contributed by atoms with E-state index in [0.29, 0.717) is 5.76 Å². The van der Waals surface area contributed by atoms with Crippen molar-refractivity contribution in [1.29, 1.82) is 0 Å². The van der Waals surface area contributed by atoms with E-state index in [1.807, 2.05) is 0 Å². The normalized spacial score (nSPS) is 13.1. The molecule has 22 heavy (non-hydrogen) atoms. The van der Waals surface area contributed by atoms with Crippen LogP contribution in [-0.2, 0) is 10.0 Å². The SMILES string of the molecule is COc1ccc(S(=O)(=O)NCC(O)c2ccc(C)o2)cc1F. The second-order valence-electron chi connectivity index (χ2n) is 4.61. The molecule has 0 saturated carbocycles. The summed E-state index contributed by atoms with van der Waals surface area (Å²) in [5, 5.41) is 9.87. The maximum Gasteiger partial charge on any atom is 0.240 e. The number of nitrogens with one attached hydrogen (secondary N) is 1. The number of benzene rings is 1. The smallest absolute Gasteiger partial charge is 0.240 e. The molecule has 1 heterocycles. The molecule has 8 heteroatoms. The number of halogens is 1. The van der Waals surface area contributed by atoms with Gasteiger partial charge in [0.25, 0.3) is 0 Å². The molecule has 1 atom stereocenters. The van der Waals surface area contributed by atoms with Crippen molar-refractivity contribution >= 4 is 10.0 Å². The van der Waals surface area contributed by atoms with Crippen molar-refractivity contribution in [2.24, 2.45) is 0 Å². The van der Waals surface area contributed by atoms with E-state index < -0.39 is 21.9 Å². The first-order valence-corrected chi connectivity index (χ1v) is 7.89. The third-order valence-electron chi connectivity index (χ3n) is 2.99. The number of hydrogen-bond acceptors (Lipinski definition) is 5. The van der Waals surface area contributed by atoms with Crippen LogP contribution in [0.25, 0.3) is 0 Å². The molecular formula is C14H16FNO5S. The molecule has 0 aliphatic rings. The third kappa shape index (κ3) is 3.65. The molecule has 0 saturated heterocycles. The molecule has 1 aromatic carbocycles. The van der Waals surface area contributed by atoms with Crippen LogP contribution < -0.4 is 9.46 Å². The fourth-order valence-electron chi connectivity index (χ4n) is 1.82. The zero-order valence-electron chi connectivity index (χ0n) is 12.0. The molecule has 1 unspecified atom stereocenters. The summed E-state index contributed by atoms with van der Waals surface area (Å²) in [4.78, 5) is -0.256. The third-order valence-corrected chi connectivity index (χ3v) is 4.41. The van der Waals surface area contributed by atoms with Gasteiger partial charge in [0.2, 0.25) is 10.0 Å². The molecule has 0 bridgehead atoms. The highest BCUT2D eigenvalue weighted by molar-refractivity contribution is 7.89. The van der Waals surface area contributed by atoms with E-state index in [1.165, 1.54) is 19.2 Å². The second-order valence-corrected chi connectivity index (χ2v) is 6.38. The summed E-state index contributed by atoms with van der Waals surface area (Å²) in [5.74, 6) is 0.0212. The number of sulfonamides is 1. The quantitative estimate of drug-likeness (QED) is 0.843. The van der Waals surface area contributed by atoms with Gasteiger partial charge in [-0.25, -0.2) is 17.5 Å². The van der Waals surface area contributed by atoms with E-state index in [1.54, 1.807) is 19.1 Å². The van der Waals surface area contributed by atoms with Crippen LogP contribution in [0.15, 0.2) is 39.6 Å². The first-order chi connectivity index (χ1) is 10.3. The Morgan fingerprint density at radius 1 is 1.36 bits per heavy atom. The van der Waals surface area contributed by atoms with Gasteiger partial charge in [-0.15, -0.1) is 0 Å². The molecule has 0 amide bonds. The minimum atomic E-state index is -3.95. The Bertz CT molecular complexity index is 756. The van der Waals surface area contributed by atoms with Crippen LogP contribution in [0.1, 0.15) is 17.6 Å². The molecule has 120 valence electrons. The summed E-state index contributed by atoms with van der Waals surface area (Å²) in [7, 11) is -2.67. The van der Waals surface area contributed by atoms with E-state index in [-0.39, 0.29) is 22.9 Å². The largest absolute Gasteiger partial charge is 0.494 e. The topological polar surface area (TPSA) is 88.8 Å². The lowest BCUT2D eigenvalue weighted by Crippen LogP contribution is -2.28. The second kappa shape index (κ2) is 6.47. The van der Waals surface area contributed by atoms with Gasteiger partial charge < -0.3 is 14.3 Å². The van der Waals surface area contributed by atoms with E-state index in [0.717, 1.165) is 6.07 Å². The highest BCUT2D eigenvalue weighted by atomic mass is 32.2. The number of ether oxygens (including phenoxy) is 1. The molecule has 0 aliphatic heterocycles. The Kier molecular flexibility index (Phi) is 4.84. The lowest BCUT2D eigenvalue weighted by Gasteiger charge is -2.11. The lowest BCUT2D eigenvalue weighted by molar-refractivity contribution is 0.152. The molecular weight excluding hydrogens is 313 g/mol. The summed E-state index contributed by atoms with van der Waals surface area (Å²) >= 11 is 0. The number of aryl methyl sites for hydroxylation is 1. The van der Waals surface area contributed by atoms with Crippen molar-refractivity contribution in [1.82, 2.24) is 4.72 Å². The summed E-state index contributed by atoms with van der Waals surface area (Å²) < 4.78 is 49.8. The van der Waals surface area contributed by atoms with Crippen LogP contribution in [0.5, 0.6) is 5.75 Å². The maximum absolute atomic E-state index is 13.6. The number of rotatable bonds is 6.